The van der Waals surface area contributed by atoms with E-state index in [-0.39, 0.29) is 0 Å². The third kappa shape index (κ3) is 2.79. The quantitative estimate of drug-likeness (QED) is 0.726. The Balaban J connectivity index is 2.29. The third-order valence-corrected chi connectivity index (χ3v) is 4.12. The van der Waals surface area contributed by atoms with Gasteiger partial charge in [0.05, 0.1) is 17.6 Å². The molecular formula is C13H20Cl2N2. The Morgan fingerprint density at radius 2 is 2.00 bits per heavy atom. The molecule has 1 aliphatic carbocycles. The molecule has 0 bridgehead atoms. The molecule has 0 aliphatic heterocycles. The molecule has 96 valence electrons. The van der Waals surface area contributed by atoms with Gasteiger partial charge >= 0.3 is 0 Å². The second kappa shape index (κ2) is 5.19. The molecule has 0 radical (unpaired) electrons. The molecule has 0 aromatic carbocycles. The highest BCUT2D eigenvalue weighted by Gasteiger charge is 2.32. The highest BCUT2D eigenvalue weighted by atomic mass is 35.5. The molecule has 1 unspecified atom stereocenters. The highest BCUT2D eigenvalue weighted by molar-refractivity contribution is 6.31. The maximum absolute atomic E-state index is 6.40. The van der Waals surface area contributed by atoms with Gasteiger partial charge < -0.3 is 0 Å². The first-order valence-corrected chi connectivity index (χ1v) is 7.27. The van der Waals surface area contributed by atoms with Gasteiger partial charge in [0.1, 0.15) is 5.15 Å². The predicted octanol–water partition coefficient (Wildman–Crippen LogP) is 4.44. The summed E-state index contributed by atoms with van der Waals surface area (Å²) >= 11 is 12.4. The van der Waals surface area contributed by atoms with E-state index in [4.69, 9.17) is 23.2 Å². The molecular weight excluding hydrogens is 255 g/mol. The zero-order valence-electron chi connectivity index (χ0n) is 10.7. The zero-order chi connectivity index (χ0) is 12.6. The number of rotatable bonds is 5. The zero-order valence-corrected chi connectivity index (χ0v) is 12.2. The lowest BCUT2D eigenvalue weighted by molar-refractivity contribution is 0.435. The van der Waals surface area contributed by atoms with Crippen LogP contribution in [0.5, 0.6) is 0 Å². The van der Waals surface area contributed by atoms with E-state index in [9.17, 15) is 0 Å². The molecule has 2 rings (SSSR count). The molecule has 1 fully saturated rings. The summed E-state index contributed by atoms with van der Waals surface area (Å²) in [5.41, 5.74) is 2.10. The van der Waals surface area contributed by atoms with Crippen LogP contribution >= 0.6 is 23.2 Å². The average molecular weight is 275 g/mol. The second-order valence-electron chi connectivity index (χ2n) is 5.47. The summed E-state index contributed by atoms with van der Waals surface area (Å²) in [6.45, 7) is 6.58. The molecule has 0 saturated heterocycles. The molecule has 17 heavy (non-hydrogen) atoms. The normalized spacial score (nSPS) is 17.8. The Labute approximate surface area is 113 Å². The number of halogens is 2. The van der Waals surface area contributed by atoms with Crippen LogP contribution in [0.4, 0.5) is 0 Å². The van der Waals surface area contributed by atoms with Crippen molar-refractivity contribution >= 4 is 23.2 Å². The Kier molecular flexibility index (Phi) is 4.04. The van der Waals surface area contributed by atoms with E-state index in [1.165, 1.54) is 12.8 Å². The van der Waals surface area contributed by atoms with Crippen LogP contribution < -0.4 is 0 Å². The first kappa shape index (κ1) is 13.2. The Bertz CT molecular complexity index is 394. The molecule has 0 amide bonds. The Hall–Kier alpha value is -0.210. The van der Waals surface area contributed by atoms with Crippen molar-refractivity contribution in [3.63, 3.8) is 0 Å². The Morgan fingerprint density at radius 3 is 2.47 bits per heavy atom. The van der Waals surface area contributed by atoms with Gasteiger partial charge in [-0.15, -0.1) is 11.6 Å². The molecule has 1 heterocycles. The third-order valence-electron chi connectivity index (χ3n) is 3.45. The van der Waals surface area contributed by atoms with E-state index in [0.29, 0.717) is 17.8 Å². The maximum atomic E-state index is 6.40. The molecule has 1 atom stereocenters. The van der Waals surface area contributed by atoms with Crippen LogP contribution in [-0.4, -0.2) is 9.78 Å². The van der Waals surface area contributed by atoms with Crippen molar-refractivity contribution in [1.82, 2.24) is 9.78 Å². The fourth-order valence-corrected chi connectivity index (χ4v) is 2.94. The first-order valence-electron chi connectivity index (χ1n) is 6.36. The summed E-state index contributed by atoms with van der Waals surface area (Å²) in [6.07, 6.45) is 3.55. The van der Waals surface area contributed by atoms with Gasteiger partial charge in [-0.3, -0.25) is 4.68 Å². The van der Waals surface area contributed by atoms with Gasteiger partial charge in [0, 0.05) is 5.56 Å². The summed E-state index contributed by atoms with van der Waals surface area (Å²) in [6, 6.07) is 0.408. The molecule has 4 heteroatoms. The average Bonchev–Trinajstić information content (AvgIpc) is 3.04. The lowest BCUT2D eigenvalue weighted by atomic mass is 10.1. The summed E-state index contributed by atoms with van der Waals surface area (Å²) in [4.78, 5) is 0. The molecule has 1 aromatic rings. The fourth-order valence-electron chi connectivity index (χ4n) is 2.22. The minimum atomic E-state index is 0.408. The van der Waals surface area contributed by atoms with E-state index < -0.39 is 0 Å². The summed E-state index contributed by atoms with van der Waals surface area (Å²) in [5.74, 6) is 1.79. The molecule has 0 spiro atoms. The van der Waals surface area contributed by atoms with Crippen molar-refractivity contribution in [2.75, 3.05) is 0 Å². The van der Waals surface area contributed by atoms with Crippen LogP contribution in [0.3, 0.4) is 0 Å². The summed E-state index contributed by atoms with van der Waals surface area (Å²) in [5, 5.41) is 5.43. The number of nitrogens with zero attached hydrogens (tertiary/aromatic N) is 2. The summed E-state index contributed by atoms with van der Waals surface area (Å²) in [7, 11) is 0. The maximum Gasteiger partial charge on any atom is 0.132 e. The van der Waals surface area contributed by atoms with Gasteiger partial charge in [-0.05, 0) is 38.0 Å². The van der Waals surface area contributed by atoms with Crippen LogP contribution in [0, 0.1) is 11.8 Å². The number of hydrogen-bond donors (Lipinski definition) is 0. The lowest BCUT2D eigenvalue weighted by Crippen LogP contribution is -2.09. The molecule has 1 saturated carbocycles. The monoisotopic (exact) mass is 274 g/mol. The van der Waals surface area contributed by atoms with Crippen molar-refractivity contribution in [3.8, 4) is 0 Å². The van der Waals surface area contributed by atoms with Gasteiger partial charge in [0.15, 0.2) is 0 Å². The first-order chi connectivity index (χ1) is 8.04. The largest absolute Gasteiger partial charge is 0.250 e. The van der Waals surface area contributed by atoms with Crippen molar-refractivity contribution < 1.29 is 0 Å². The molecule has 0 N–H and O–H groups in total. The molecule has 1 aromatic heterocycles. The van der Waals surface area contributed by atoms with Gasteiger partial charge in [0.25, 0.3) is 0 Å². The smallest absolute Gasteiger partial charge is 0.132 e. The van der Waals surface area contributed by atoms with Crippen LogP contribution in [0.25, 0.3) is 0 Å². The number of hydrogen-bond acceptors (Lipinski definition) is 1. The minimum absolute atomic E-state index is 0.408. The van der Waals surface area contributed by atoms with Crippen LogP contribution in [0.2, 0.25) is 5.15 Å². The second-order valence-corrected chi connectivity index (χ2v) is 6.10. The van der Waals surface area contributed by atoms with E-state index in [1.54, 1.807) is 0 Å². The van der Waals surface area contributed by atoms with Crippen LogP contribution in [-0.2, 0) is 12.3 Å². The number of alkyl halides is 1. The van der Waals surface area contributed by atoms with Crippen molar-refractivity contribution in [2.45, 2.75) is 52.0 Å². The van der Waals surface area contributed by atoms with E-state index in [1.807, 2.05) is 4.68 Å². The Morgan fingerprint density at radius 1 is 1.35 bits per heavy atom. The SMILES string of the molecule is CC(C)Cc1nn(C(C)C2CC2)c(Cl)c1CCl. The van der Waals surface area contributed by atoms with Crippen molar-refractivity contribution in [3.05, 3.63) is 16.4 Å². The lowest BCUT2D eigenvalue weighted by Gasteiger charge is -2.11. The number of aromatic nitrogens is 2. The van der Waals surface area contributed by atoms with Gasteiger partial charge in [-0.1, -0.05) is 25.4 Å². The molecule has 2 nitrogen and oxygen atoms in total. The van der Waals surface area contributed by atoms with E-state index in [0.717, 1.165) is 28.7 Å². The predicted molar refractivity (Wildman–Crippen MR) is 72.8 cm³/mol. The topological polar surface area (TPSA) is 17.8 Å². The summed E-state index contributed by atoms with van der Waals surface area (Å²) < 4.78 is 1.98. The van der Waals surface area contributed by atoms with Crippen molar-refractivity contribution in [1.29, 1.82) is 0 Å². The molecule has 1 aliphatic rings. The van der Waals surface area contributed by atoms with Gasteiger partial charge in [0.2, 0.25) is 0 Å². The van der Waals surface area contributed by atoms with E-state index in [2.05, 4.69) is 25.9 Å². The minimum Gasteiger partial charge on any atom is -0.250 e. The van der Waals surface area contributed by atoms with Crippen LogP contribution in [0.1, 0.15) is 50.9 Å². The van der Waals surface area contributed by atoms with Gasteiger partial charge in [-0.2, -0.15) is 5.10 Å². The van der Waals surface area contributed by atoms with E-state index >= 15 is 0 Å². The standard InChI is InChI=1S/C13H20Cl2N2/c1-8(2)6-12-11(7-14)13(15)17(16-12)9(3)10-4-5-10/h8-10H,4-7H2,1-3H3. The van der Waals surface area contributed by atoms with Crippen molar-refractivity contribution in [2.24, 2.45) is 11.8 Å². The highest BCUT2D eigenvalue weighted by Crippen LogP contribution is 2.41. The van der Waals surface area contributed by atoms with Gasteiger partial charge in [-0.25, -0.2) is 0 Å². The fraction of sp³-hybridized carbons (Fsp3) is 0.769. The van der Waals surface area contributed by atoms with Crippen LogP contribution in [0.15, 0.2) is 0 Å².